The number of aromatic nitrogens is 3. The summed E-state index contributed by atoms with van der Waals surface area (Å²) in [4.78, 5) is 42.4. The number of benzene rings is 2. The third-order valence-corrected chi connectivity index (χ3v) is 7.85. The Morgan fingerprint density at radius 3 is 2.57 bits per heavy atom. The van der Waals surface area contributed by atoms with Gasteiger partial charge in [0.25, 0.3) is 5.91 Å². The standard InChI is InChI=1S/C31H32F2N8O3/c1-20-16-23(4-7-25(20)29(42)39-12-14-40(15-13-39)31(43)37-18-21-8-9-34-17-21)38-27-28-36-19-26(41(28)11-10-35-27)22-2-5-24(6-3-22)44-30(32)33/h2-7,10-11,16,18-19,21,30,34H,8-9,12-15,17H2,1H3,(H,35,38). The molecular weight excluding hydrogens is 570 g/mol. The lowest BCUT2D eigenvalue weighted by Gasteiger charge is -2.34. The van der Waals surface area contributed by atoms with Gasteiger partial charge in [0.2, 0.25) is 0 Å². The lowest BCUT2D eigenvalue weighted by atomic mass is 10.1. The Morgan fingerprint density at radius 1 is 1.09 bits per heavy atom. The number of imidazole rings is 1. The van der Waals surface area contributed by atoms with Gasteiger partial charge >= 0.3 is 12.6 Å². The van der Waals surface area contributed by atoms with Crippen LogP contribution in [-0.4, -0.2) is 88.2 Å². The van der Waals surface area contributed by atoms with Crippen molar-refractivity contribution in [2.24, 2.45) is 10.9 Å². The number of nitrogens with one attached hydrogen (secondary N) is 2. The number of fused-ring (bicyclic) bond motifs is 1. The number of aliphatic imine (C=N–C) groups is 1. The van der Waals surface area contributed by atoms with Crippen LogP contribution >= 0.6 is 0 Å². The van der Waals surface area contributed by atoms with Crippen LogP contribution in [0.15, 0.2) is 66.0 Å². The van der Waals surface area contributed by atoms with E-state index in [0.29, 0.717) is 49.1 Å². The van der Waals surface area contributed by atoms with E-state index >= 15 is 0 Å². The number of rotatable bonds is 7. The van der Waals surface area contributed by atoms with Crippen LogP contribution < -0.4 is 15.4 Å². The SMILES string of the molecule is Cc1cc(Nc2nccn3c(-c4ccc(OC(F)F)cc4)cnc23)ccc1C(=O)N1CCN(C(=O)N=CC2CCNC2)CC1. The number of hydrogen-bond acceptors (Lipinski definition) is 7. The summed E-state index contributed by atoms with van der Waals surface area (Å²) in [6, 6.07) is 11.6. The summed E-state index contributed by atoms with van der Waals surface area (Å²) in [5.41, 5.74) is 4.24. The molecule has 2 fully saturated rings. The molecule has 2 saturated heterocycles. The predicted octanol–water partition coefficient (Wildman–Crippen LogP) is 4.61. The quantitative estimate of drug-likeness (QED) is 0.297. The Morgan fingerprint density at radius 2 is 1.86 bits per heavy atom. The number of urea groups is 1. The normalized spacial score (nSPS) is 17.1. The van der Waals surface area contributed by atoms with Crippen LogP contribution in [0.3, 0.4) is 0 Å². The van der Waals surface area contributed by atoms with E-state index in [1.165, 1.54) is 12.1 Å². The maximum absolute atomic E-state index is 13.3. The van der Waals surface area contributed by atoms with Gasteiger partial charge in [-0.3, -0.25) is 9.20 Å². The van der Waals surface area contributed by atoms with Crippen LogP contribution in [0.2, 0.25) is 0 Å². The van der Waals surface area contributed by atoms with Crippen molar-refractivity contribution < 1.29 is 23.1 Å². The summed E-state index contributed by atoms with van der Waals surface area (Å²) < 4.78 is 31.3. The first kappa shape index (κ1) is 29.2. The highest BCUT2D eigenvalue weighted by Gasteiger charge is 2.26. The monoisotopic (exact) mass is 602 g/mol. The van der Waals surface area contributed by atoms with Crippen LogP contribution in [0.25, 0.3) is 16.9 Å². The van der Waals surface area contributed by atoms with E-state index in [4.69, 9.17) is 0 Å². The van der Waals surface area contributed by atoms with Gasteiger partial charge in [-0.15, -0.1) is 0 Å². The summed E-state index contributed by atoms with van der Waals surface area (Å²) in [6.07, 6.45) is 7.83. The fraction of sp³-hybridized carbons (Fsp3) is 0.323. The molecule has 2 aliphatic heterocycles. The van der Waals surface area contributed by atoms with Gasteiger partial charge in [-0.1, -0.05) is 0 Å². The van der Waals surface area contributed by atoms with Crippen LogP contribution in [-0.2, 0) is 0 Å². The third-order valence-electron chi connectivity index (χ3n) is 7.85. The average Bonchev–Trinajstić information content (AvgIpc) is 3.71. The zero-order valence-corrected chi connectivity index (χ0v) is 24.1. The Hall–Kier alpha value is -4.91. The van der Waals surface area contributed by atoms with Crippen molar-refractivity contribution in [1.29, 1.82) is 0 Å². The molecule has 6 rings (SSSR count). The Balaban J connectivity index is 1.10. The van der Waals surface area contributed by atoms with Crippen molar-refractivity contribution in [2.75, 3.05) is 44.6 Å². The van der Waals surface area contributed by atoms with Gasteiger partial charge in [-0.25, -0.2) is 19.8 Å². The molecule has 0 radical (unpaired) electrons. The van der Waals surface area contributed by atoms with Crippen molar-refractivity contribution in [2.45, 2.75) is 20.0 Å². The van der Waals surface area contributed by atoms with E-state index < -0.39 is 6.61 Å². The van der Waals surface area contributed by atoms with Crippen LogP contribution in [0.4, 0.5) is 25.1 Å². The molecule has 1 unspecified atom stereocenters. The van der Waals surface area contributed by atoms with E-state index in [-0.39, 0.29) is 17.7 Å². The number of aryl methyl sites for hydroxylation is 1. The topological polar surface area (TPSA) is 116 Å². The molecular formula is C31H32F2N8O3. The lowest BCUT2D eigenvalue weighted by Crippen LogP contribution is -2.50. The summed E-state index contributed by atoms with van der Waals surface area (Å²) in [7, 11) is 0. The third kappa shape index (κ3) is 6.37. The Kier molecular flexibility index (Phi) is 8.46. The number of amides is 3. The lowest BCUT2D eigenvalue weighted by molar-refractivity contribution is -0.0498. The minimum absolute atomic E-state index is 0.0777. The molecule has 4 aromatic rings. The molecule has 13 heteroatoms. The Labute approximate surface area is 252 Å². The molecule has 4 heterocycles. The maximum atomic E-state index is 13.3. The molecule has 44 heavy (non-hydrogen) atoms. The van der Waals surface area contributed by atoms with Crippen molar-refractivity contribution in [3.8, 4) is 17.0 Å². The molecule has 3 amide bonds. The number of ether oxygens (including phenoxy) is 1. The second-order valence-electron chi connectivity index (χ2n) is 10.8. The van der Waals surface area contributed by atoms with E-state index in [9.17, 15) is 18.4 Å². The molecule has 0 saturated carbocycles. The zero-order chi connectivity index (χ0) is 30.6. The van der Waals surface area contributed by atoms with E-state index in [2.05, 4.69) is 30.3 Å². The second kappa shape index (κ2) is 12.8. The largest absolute Gasteiger partial charge is 0.435 e. The minimum Gasteiger partial charge on any atom is -0.435 e. The van der Waals surface area contributed by atoms with E-state index in [1.54, 1.807) is 52.8 Å². The second-order valence-corrected chi connectivity index (χ2v) is 10.8. The van der Waals surface area contributed by atoms with Gasteiger partial charge in [0.1, 0.15) is 5.75 Å². The number of anilines is 2. The maximum Gasteiger partial charge on any atom is 0.387 e. The van der Waals surface area contributed by atoms with Crippen LogP contribution in [0.5, 0.6) is 5.75 Å². The minimum atomic E-state index is -2.88. The predicted molar refractivity (Wildman–Crippen MR) is 162 cm³/mol. The highest BCUT2D eigenvalue weighted by molar-refractivity contribution is 5.96. The van der Waals surface area contributed by atoms with Crippen molar-refractivity contribution in [1.82, 2.24) is 29.5 Å². The number of carbonyl (C=O) groups excluding carboxylic acids is 2. The molecule has 0 spiro atoms. The van der Waals surface area contributed by atoms with E-state index in [1.807, 2.05) is 23.5 Å². The highest BCUT2D eigenvalue weighted by atomic mass is 19.3. The number of alkyl halides is 2. The molecule has 228 valence electrons. The molecule has 2 aliphatic rings. The summed E-state index contributed by atoms with van der Waals surface area (Å²) in [6.45, 7) is 2.57. The van der Waals surface area contributed by atoms with Gasteiger partial charge < -0.3 is 25.2 Å². The molecule has 0 aliphatic carbocycles. The van der Waals surface area contributed by atoms with Gasteiger partial charge in [0.05, 0.1) is 11.9 Å². The highest BCUT2D eigenvalue weighted by Crippen LogP contribution is 2.28. The zero-order valence-electron chi connectivity index (χ0n) is 24.1. The van der Waals surface area contributed by atoms with Gasteiger partial charge in [-0.2, -0.15) is 8.78 Å². The Bertz CT molecular complexity index is 1680. The van der Waals surface area contributed by atoms with Gasteiger partial charge in [0.15, 0.2) is 11.5 Å². The van der Waals surface area contributed by atoms with Crippen molar-refractivity contribution >= 4 is 35.3 Å². The van der Waals surface area contributed by atoms with Gasteiger partial charge in [0, 0.05) is 74.1 Å². The molecule has 2 aromatic carbocycles. The molecule has 2 N–H and O–H groups in total. The molecule has 1 atom stereocenters. The number of hydrogen-bond donors (Lipinski definition) is 2. The average molecular weight is 603 g/mol. The molecule has 0 bridgehead atoms. The summed E-state index contributed by atoms with van der Waals surface area (Å²) in [5.74, 6) is 0.812. The first-order valence-corrected chi connectivity index (χ1v) is 14.4. The number of piperazine rings is 1. The van der Waals surface area contributed by atoms with Crippen LogP contribution in [0, 0.1) is 12.8 Å². The summed E-state index contributed by atoms with van der Waals surface area (Å²) >= 11 is 0. The molecule has 11 nitrogen and oxygen atoms in total. The fourth-order valence-electron chi connectivity index (χ4n) is 5.47. The van der Waals surface area contributed by atoms with Crippen molar-refractivity contribution in [3.63, 3.8) is 0 Å². The number of halogens is 2. The van der Waals surface area contributed by atoms with Gasteiger partial charge in [-0.05, 0) is 67.9 Å². The first-order valence-electron chi connectivity index (χ1n) is 14.4. The number of carbonyl (C=O) groups is 2. The smallest absolute Gasteiger partial charge is 0.387 e. The summed E-state index contributed by atoms with van der Waals surface area (Å²) in [5, 5.41) is 6.55. The number of nitrogens with zero attached hydrogens (tertiary/aromatic N) is 6. The van der Waals surface area contributed by atoms with E-state index in [0.717, 1.165) is 42.0 Å². The molecule has 2 aromatic heterocycles. The first-order chi connectivity index (χ1) is 21.4. The van der Waals surface area contributed by atoms with Crippen molar-refractivity contribution in [3.05, 3.63) is 72.2 Å². The fourth-order valence-corrected chi connectivity index (χ4v) is 5.47. The van der Waals surface area contributed by atoms with Crippen LogP contribution in [0.1, 0.15) is 22.3 Å².